The lowest BCUT2D eigenvalue weighted by molar-refractivity contribution is 0.201. The maximum atomic E-state index is 5.59. The average molecular weight is 204 g/mol. The Labute approximate surface area is 89.5 Å². The minimum atomic E-state index is 0.405. The van der Waals surface area contributed by atoms with Crippen molar-refractivity contribution < 1.29 is 0 Å². The molecule has 0 bridgehead atoms. The fourth-order valence-electron chi connectivity index (χ4n) is 2.72. The first-order valence-electron chi connectivity index (χ1n) is 5.67. The van der Waals surface area contributed by atoms with E-state index in [9.17, 15) is 0 Å². The Morgan fingerprint density at radius 2 is 2.07 bits per heavy atom. The van der Waals surface area contributed by atoms with Crippen molar-refractivity contribution in [2.45, 2.75) is 44.8 Å². The second kappa shape index (κ2) is 3.45. The van der Waals surface area contributed by atoms with Crippen LogP contribution in [-0.2, 0) is 13.1 Å². The van der Waals surface area contributed by atoms with E-state index in [1.165, 1.54) is 31.2 Å². The zero-order chi connectivity index (χ0) is 10.3. The second-order valence-electron chi connectivity index (χ2n) is 4.54. The number of aromatic nitrogens is 2. The highest BCUT2D eigenvalue weighted by molar-refractivity contribution is 5.28. The zero-order valence-electron chi connectivity index (χ0n) is 8.82. The Bertz CT molecular complexity index is 371. The topological polar surface area (TPSA) is 55.0 Å². The standard InChI is InChI=1S/C11H16N4/c12-11-13-5-8-6-15(7-10(8)14-11)9-3-1-2-4-9/h5,9H,1-4,6-7H2,(H2,12,13,14). The van der Waals surface area contributed by atoms with E-state index >= 15 is 0 Å². The Hall–Kier alpha value is -1.16. The van der Waals surface area contributed by atoms with E-state index < -0.39 is 0 Å². The molecule has 4 heteroatoms. The Morgan fingerprint density at radius 3 is 2.87 bits per heavy atom. The molecule has 4 nitrogen and oxygen atoms in total. The molecule has 1 aromatic rings. The number of fused-ring (bicyclic) bond motifs is 1. The van der Waals surface area contributed by atoms with Crippen LogP contribution in [0.25, 0.3) is 0 Å². The van der Waals surface area contributed by atoms with E-state index in [-0.39, 0.29) is 0 Å². The molecule has 0 aromatic carbocycles. The van der Waals surface area contributed by atoms with Crippen LogP contribution >= 0.6 is 0 Å². The van der Waals surface area contributed by atoms with Gasteiger partial charge in [0.05, 0.1) is 5.69 Å². The predicted molar refractivity (Wildman–Crippen MR) is 57.9 cm³/mol. The van der Waals surface area contributed by atoms with Crippen molar-refractivity contribution >= 4 is 5.95 Å². The molecular formula is C11H16N4. The van der Waals surface area contributed by atoms with Crippen LogP contribution in [0, 0.1) is 0 Å². The highest BCUT2D eigenvalue weighted by atomic mass is 15.2. The normalized spacial score (nSPS) is 22.1. The van der Waals surface area contributed by atoms with Crippen LogP contribution in [-0.4, -0.2) is 20.9 Å². The highest BCUT2D eigenvalue weighted by Crippen LogP contribution is 2.30. The third-order valence-corrected chi connectivity index (χ3v) is 3.54. The summed E-state index contributed by atoms with van der Waals surface area (Å²) in [6, 6.07) is 0.764. The first-order valence-corrected chi connectivity index (χ1v) is 5.67. The van der Waals surface area contributed by atoms with Crippen LogP contribution in [0.15, 0.2) is 6.20 Å². The summed E-state index contributed by atoms with van der Waals surface area (Å²) < 4.78 is 0. The van der Waals surface area contributed by atoms with Crippen molar-refractivity contribution in [3.05, 3.63) is 17.5 Å². The first-order chi connectivity index (χ1) is 7.33. The van der Waals surface area contributed by atoms with Gasteiger partial charge >= 0.3 is 0 Å². The number of nitrogens with two attached hydrogens (primary N) is 1. The molecule has 15 heavy (non-hydrogen) atoms. The molecule has 0 atom stereocenters. The van der Waals surface area contributed by atoms with Gasteiger partial charge in [-0.3, -0.25) is 4.90 Å². The lowest BCUT2D eigenvalue weighted by atomic mass is 10.2. The fraction of sp³-hybridized carbons (Fsp3) is 0.636. The molecule has 2 heterocycles. The SMILES string of the molecule is Nc1ncc2c(n1)CN(C1CCCC1)C2. The lowest BCUT2D eigenvalue weighted by Crippen LogP contribution is -2.27. The Kier molecular flexibility index (Phi) is 2.09. The summed E-state index contributed by atoms with van der Waals surface area (Å²) in [5.74, 6) is 0.405. The van der Waals surface area contributed by atoms with Gasteiger partial charge in [0, 0.05) is 30.9 Å². The number of hydrogen-bond donors (Lipinski definition) is 1. The summed E-state index contributed by atoms with van der Waals surface area (Å²) >= 11 is 0. The summed E-state index contributed by atoms with van der Waals surface area (Å²) in [6.07, 6.45) is 7.33. The molecular weight excluding hydrogens is 188 g/mol. The third kappa shape index (κ3) is 1.59. The van der Waals surface area contributed by atoms with E-state index in [0.29, 0.717) is 5.95 Å². The minimum absolute atomic E-state index is 0.405. The summed E-state index contributed by atoms with van der Waals surface area (Å²) in [7, 11) is 0. The van der Waals surface area contributed by atoms with Crippen LogP contribution in [0.1, 0.15) is 36.9 Å². The molecule has 0 unspecified atom stereocenters. The van der Waals surface area contributed by atoms with Crippen molar-refractivity contribution in [1.29, 1.82) is 0 Å². The Morgan fingerprint density at radius 1 is 1.27 bits per heavy atom. The van der Waals surface area contributed by atoms with Gasteiger partial charge in [0.2, 0.25) is 5.95 Å². The molecule has 1 aliphatic carbocycles. The molecule has 1 saturated carbocycles. The predicted octanol–water partition coefficient (Wildman–Crippen LogP) is 1.32. The van der Waals surface area contributed by atoms with Gasteiger partial charge in [-0.1, -0.05) is 12.8 Å². The molecule has 3 rings (SSSR count). The molecule has 1 fully saturated rings. The number of rotatable bonds is 1. The summed E-state index contributed by atoms with van der Waals surface area (Å²) in [5, 5.41) is 0. The average Bonchev–Trinajstić information content (AvgIpc) is 2.84. The number of nitrogens with zero attached hydrogens (tertiary/aromatic N) is 3. The first kappa shape index (κ1) is 9.09. The van der Waals surface area contributed by atoms with Gasteiger partial charge in [-0.25, -0.2) is 9.97 Å². The molecule has 2 aliphatic rings. The van der Waals surface area contributed by atoms with Gasteiger partial charge in [-0.15, -0.1) is 0 Å². The van der Waals surface area contributed by atoms with Crippen LogP contribution in [0.4, 0.5) is 5.95 Å². The monoisotopic (exact) mass is 204 g/mol. The summed E-state index contributed by atoms with van der Waals surface area (Å²) in [4.78, 5) is 10.9. The molecule has 1 aliphatic heterocycles. The van der Waals surface area contributed by atoms with Gasteiger partial charge < -0.3 is 5.73 Å². The van der Waals surface area contributed by atoms with Crippen LogP contribution in [0.3, 0.4) is 0 Å². The van der Waals surface area contributed by atoms with Crippen LogP contribution < -0.4 is 5.73 Å². The van der Waals surface area contributed by atoms with Crippen LogP contribution in [0.5, 0.6) is 0 Å². The van der Waals surface area contributed by atoms with E-state index in [1.807, 2.05) is 6.20 Å². The van der Waals surface area contributed by atoms with Gasteiger partial charge in [-0.2, -0.15) is 0 Å². The van der Waals surface area contributed by atoms with Crippen molar-refractivity contribution in [1.82, 2.24) is 14.9 Å². The number of anilines is 1. The van der Waals surface area contributed by atoms with E-state index in [0.717, 1.165) is 24.8 Å². The molecule has 80 valence electrons. The molecule has 0 spiro atoms. The smallest absolute Gasteiger partial charge is 0.220 e. The van der Waals surface area contributed by atoms with Crippen molar-refractivity contribution in [3.63, 3.8) is 0 Å². The highest BCUT2D eigenvalue weighted by Gasteiger charge is 2.28. The van der Waals surface area contributed by atoms with Crippen molar-refractivity contribution in [3.8, 4) is 0 Å². The maximum absolute atomic E-state index is 5.59. The second-order valence-corrected chi connectivity index (χ2v) is 4.54. The van der Waals surface area contributed by atoms with E-state index in [2.05, 4.69) is 14.9 Å². The molecule has 0 amide bonds. The number of hydrogen-bond acceptors (Lipinski definition) is 4. The minimum Gasteiger partial charge on any atom is -0.368 e. The van der Waals surface area contributed by atoms with E-state index in [1.54, 1.807) is 0 Å². The van der Waals surface area contributed by atoms with Gasteiger partial charge in [-0.05, 0) is 12.8 Å². The van der Waals surface area contributed by atoms with Gasteiger partial charge in [0.25, 0.3) is 0 Å². The summed E-state index contributed by atoms with van der Waals surface area (Å²) in [6.45, 7) is 1.98. The van der Waals surface area contributed by atoms with Crippen molar-refractivity contribution in [2.75, 3.05) is 5.73 Å². The van der Waals surface area contributed by atoms with Gasteiger partial charge in [0.1, 0.15) is 0 Å². The quantitative estimate of drug-likeness (QED) is 0.749. The molecule has 0 saturated heterocycles. The third-order valence-electron chi connectivity index (χ3n) is 3.54. The lowest BCUT2D eigenvalue weighted by Gasteiger charge is -2.22. The fourth-order valence-corrected chi connectivity index (χ4v) is 2.72. The largest absolute Gasteiger partial charge is 0.368 e. The maximum Gasteiger partial charge on any atom is 0.220 e. The zero-order valence-corrected chi connectivity index (χ0v) is 8.82. The van der Waals surface area contributed by atoms with Crippen molar-refractivity contribution in [2.24, 2.45) is 0 Å². The molecule has 2 N–H and O–H groups in total. The molecule has 1 aromatic heterocycles. The Balaban J connectivity index is 1.79. The summed E-state index contributed by atoms with van der Waals surface area (Å²) in [5.41, 5.74) is 7.98. The van der Waals surface area contributed by atoms with E-state index in [4.69, 9.17) is 5.73 Å². The van der Waals surface area contributed by atoms with Gasteiger partial charge in [0.15, 0.2) is 0 Å². The number of nitrogen functional groups attached to an aromatic ring is 1. The van der Waals surface area contributed by atoms with Crippen LogP contribution in [0.2, 0.25) is 0 Å². The molecule has 0 radical (unpaired) electrons.